The number of aromatic nitrogens is 1. The maximum absolute atomic E-state index is 11.8. The Bertz CT molecular complexity index is 522. The standard InChI is InChI=1S/C15H18N2OS/c1-17-11-5-9-14(17)15(18)16-10-6-12-19-13-7-3-2-4-8-13/h2-5,7-9,11H,6,10,12H2,1H3,(H,16,18). The fraction of sp³-hybridized carbons (Fsp3) is 0.267. The zero-order chi connectivity index (χ0) is 13.5. The van der Waals surface area contributed by atoms with Crippen molar-refractivity contribution in [3.8, 4) is 0 Å². The first-order valence-corrected chi connectivity index (χ1v) is 7.33. The number of benzene rings is 1. The summed E-state index contributed by atoms with van der Waals surface area (Å²) in [5.41, 5.74) is 0.704. The van der Waals surface area contributed by atoms with Crippen molar-refractivity contribution in [1.29, 1.82) is 0 Å². The van der Waals surface area contributed by atoms with Crippen LogP contribution in [0.2, 0.25) is 0 Å². The molecule has 1 aromatic carbocycles. The number of thioether (sulfide) groups is 1. The van der Waals surface area contributed by atoms with Crippen LogP contribution in [0, 0.1) is 0 Å². The smallest absolute Gasteiger partial charge is 0.267 e. The van der Waals surface area contributed by atoms with Gasteiger partial charge in [-0.05, 0) is 36.4 Å². The SMILES string of the molecule is Cn1cccc1C(=O)NCCCSc1ccccc1. The van der Waals surface area contributed by atoms with Crippen LogP contribution in [-0.4, -0.2) is 22.8 Å². The molecule has 19 heavy (non-hydrogen) atoms. The second-order valence-electron chi connectivity index (χ2n) is 4.28. The van der Waals surface area contributed by atoms with Crippen LogP contribution in [0.3, 0.4) is 0 Å². The van der Waals surface area contributed by atoms with Gasteiger partial charge in [-0.3, -0.25) is 4.79 Å². The summed E-state index contributed by atoms with van der Waals surface area (Å²) < 4.78 is 1.83. The number of hydrogen-bond donors (Lipinski definition) is 1. The molecule has 2 aromatic rings. The Hall–Kier alpha value is -1.68. The fourth-order valence-electron chi connectivity index (χ4n) is 1.77. The lowest BCUT2D eigenvalue weighted by molar-refractivity contribution is 0.0945. The molecule has 3 nitrogen and oxygen atoms in total. The predicted octanol–water partition coefficient (Wildman–Crippen LogP) is 2.94. The summed E-state index contributed by atoms with van der Waals surface area (Å²) in [7, 11) is 1.88. The van der Waals surface area contributed by atoms with E-state index in [-0.39, 0.29) is 5.91 Å². The summed E-state index contributed by atoms with van der Waals surface area (Å²) in [6.07, 6.45) is 2.84. The molecule has 0 spiro atoms. The highest BCUT2D eigenvalue weighted by Crippen LogP contribution is 2.17. The lowest BCUT2D eigenvalue weighted by Gasteiger charge is -2.06. The molecule has 0 aliphatic carbocycles. The number of carbonyl (C=O) groups is 1. The highest BCUT2D eigenvalue weighted by molar-refractivity contribution is 7.99. The van der Waals surface area contributed by atoms with E-state index in [4.69, 9.17) is 0 Å². The van der Waals surface area contributed by atoms with Crippen LogP contribution in [-0.2, 0) is 7.05 Å². The molecule has 0 unspecified atom stereocenters. The topological polar surface area (TPSA) is 34.0 Å². The third kappa shape index (κ3) is 4.17. The number of carbonyl (C=O) groups excluding carboxylic acids is 1. The van der Waals surface area contributed by atoms with Crippen LogP contribution < -0.4 is 5.32 Å². The molecular formula is C15H18N2OS. The highest BCUT2D eigenvalue weighted by atomic mass is 32.2. The van der Waals surface area contributed by atoms with Gasteiger partial charge >= 0.3 is 0 Å². The van der Waals surface area contributed by atoms with Gasteiger partial charge in [-0.15, -0.1) is 11.8 Å². The summed E-state index contributed by atoms with van der Waals surface area (Å²) in [4.78, 5) is 13.1. The second kappa shape index (κ2) is 7.04. The average Bonchev–Trinajstić information content (AvgIpc) is 2.86. The van der Waals surface area contributed by atoms with Gasteiger partial charge in [0.2, 0.25) is 0 Å². The Labute approximate surface area is 118 Å². The van der Waals surface area contributed by atoms with E-state index in [9.17, 15) is 4.79 Å². The molecule has 0 atom stereocenters. The molecule has 0 fully saturated rings. The maximum Gasteiger partial charge on any atom is 0.267 e. The molecule has 0 aliphatic rings. The molecule has 4 heteroatoms. The third-order valence-electron chi connectivity index (χ3n) is 2.80. The lowest BCUT2D eigenvalue weighted by atomic mass is 10.4. The van der Waals surface area contributed by atoms with Gasteiger partial charge in [0, 0.05) is 24.7 Å². The molecule has 0 radical (unpaired) electrons. The number of rotatable bonds is 6. The minimum absolute atomic E-state index is 0.00258. The zero-order valence-electron chi connectivity index (χ0n) is 11.0. The molecule has 0 saturated heterocycles. The van der Waals surface area contributed by atoms with Gasteiger partial charge in [-0.25, -0.2) is 0 Å². The monoisotopic (exact) mass is 274 g/mol. The Morgan fingerprint density at radius 2 is 2.00 bits per heavy atom. The Morgan fingerprint density at radius 1 is 1.21 bits per heavy atom. The van der Waals surface area contributed by atoms with E-state index < -0.39 is 0 Å². The summed E-state index contributed by atoms with van der Waals surface area (Å²) in [5, 5.41) is 2.94. The van der Waals surface area contributed by atoms with Crippen LogP contribution >= 0.6 is 11.8 Å². The first kappa shape index (κ1) is 13.7. The molecule has 1 N–H and O–H groups in total. The highest BCUT2D eigenvalue weighted by Gasteiger charge is 2.07. The van der Waals surface area contributed by atoms with Gasteiger partial charge in [-0.2, -0.15) is 0 Å². The van der Waals surface area contributed by atoms with E-state index in [1.54, 1.807) is 0 Å². The van der Waals surface area contributed by atoms with E-state index in [0.717, 1.165) is 12.2 Å². The zero-order valence-corrected chi connectivity index (χ0v) is 11.8. The first-order chi connectivity index (χ1) is 9.27. The van der Waals surface area contributed by atoms with Crippen LogP contribution in [0.4, 0.5) is 0 Å². The van der Waals surface area contributed by atoms with Crippen molar-refractivity contribution in [3.63, 3.8) is 0 Å². The predicted molar refractivity (Wildman–Crippen MR) is 79.5 cm³/mol. The molecule has 2 rings (SSSR count). The van der Waals surface area contributed by atoms with Crippen molar-refractivity contribution in [1.82, 2.24) is 9.88 Å². The third-order valence-corrected chi connectivity index (χ3v) is 3.89. The minimum Gasteiger partial charge on any atom is -0.351 e. The quantitative estimate of drug-likeness (QED) is 0.649. The van der Waals surface area contributed by atoms with E-state index in [1.165, 1.54) is 4.90 Å². The van der Waals surface area contributed by atoms with Crippen LogP contribution in [0.5, 0.6) is 0 Å². The van der Waals surface area contributed by atoms with E-state index >= 15 is 0 Å². The summed E-state index contributed by atoms with van der Waals surface area (Å²) in [6.45, 7) is 0.712. The molecule has 0 bridgehead atoms. The van der Waals surface area contributed by atoms with Crippen molar-refractivity contribution in [2.75, 3.05) is 12.3 Å². The minimum atomic E-state index is -0.00258. The summed E-state index contributed by atoms with van der Waals surface area (Å²) in [6, 6.07) is 14.0. The fourth-order valence-corrected chi connectivity index (χ4v) is 2.64. The largest absolute Gasteiger partial charge is 0.351 e. The molecule has 1 heterocycles. The molecule has 0 aliphatic heterocycles. The Balaban J connectivity index is 1.65. The summed E-state index contributed by atoms with van der Waals surface area (Å²) in [5.74, 6) is 1.01. The van der Waals surface area contributed by atoms with E-state index in [2.05, 4.69) is 17.4 Å². The van der Waals surface area contributed by atoms with Crippen LogP contribution in [0.25, 0.3) is 0 Å². The Morgan fingerprint density at radius 3 is 2.68 bits per heavy atom. The van der Waals surface area contributed by atoms with Crippen LogP contribution in [0.15, 0.2) is 53.6 Å². The van der Waals surface area contributed by atoms with Gasteiger partial charge < -0.3 is 9.88 Å². The van der Waals surface area contributed by atoms with Crippen LogP contribution in [0.1, 0.15) is 16.9 Å². The van der Waals surface area contributed by atoms with Gasteiger partial charge in [-0.1, -0.05) is 18.2 Å². The normalized spacial score (nSPS) is 10.4. The van der Waals surface area contributed by atoms with Gasteiger partial charge in [0.25, 0.3) is 5.91 Å². The average molecular weight is 274 g/mol. The summed E-state index contributed by atoms with van der Waals surface area (Å²) >= 11 is 1.82. The van der Waals surface area contributed by atoms with E-state index in [1.807, 2.05) is 59.9 Å². The van der Waals surface area contributed by atoms with Crippen molar-refractivity contribution >= 4 is 17.7 Å². The Kier molecular flexibility index (Phi) is 5.10. The number of hydrogen-bond acceptors (Lipinski definition) is 2. The maximum atomic E-state index is 11.8. The number of aryl methyl sites for hydroxylation is 1. The van der Waals surface area contributed by atoms with Gasteiger partial charge in [0.05, 0.1) is 0 Å². The van der Waals surface area contributed by atoms with E-state index in [0.29, 0.717) is 12.2 Å². The van der Waals surface area contributed by atoms with Gasteiger partial charge in [0.15, 0.2) is 0 Å². The van der Waals surface area contributed by atoms with Crippen molar-refractivity contribution < 1.29 is 4.79 Å². The lowest BCUT2D eigenvalue weighted by Crippen LogP contribution is -2.26. The number of nitrogens with zero attached hydrogens (tertiary/aromatic N) is 1. The number of amides is 1. The molecular weight excluding hydrogens is 256 g/mol. The number of nitrogens with one attached hydrogen (secondary N) is 1. The van der Waals surface area contributed by atoms with Gasteiger partial charge in [0.1, 0.15) is 5.69 Å². The second-order valence-corrected chi connectivity index (χ2v) is 5.44. The molecule has 0 saturated carbocycles. The first-order valence-electron chi connectivity index (χ1n) is 6.35. The molecule has 1 amide bonds. The van der Waals surface area contributed by atoms with Crippen molar-refractivity contribution in [2.45, 2.75) is 11.3 Å². The van der Waals surface area contributed by atoms with Crippen molar-refractivity contribution in [2.24, 2.45) is 7.05 Å². The molecule has 1 aromatic heterocycles. The molecule has 100 valence electrons. The van der Waals surface area contributed by atoms with Crippen molar-refractivity contribution in [3.05, 3.63) is 54.4 Å².